The average molecular weight is 1160 g/mol. The van der Waals surface area contributed by atoms with Crippen LogP contribution < -0.4 is 0 Å². The molecule has 0 bridgehead atoms. The Morgan fingerprint density at radius 1 is 0.410 bits per heavy atom. The minimum Gasteiger partial charge on any atom is -0.479 e. The van der Waals surface area contributed by atoms with E-state index in [2.05, 4.69) is 118 Å². The standard InChI is InChI=1S/C71H118O12/c1-4-7-10-13-16-19-22-25-28-30-32-34-37-39-42-45-48-51-54-57-63(72)79-60-62(81-64(73)58-55-52-49-46-43-41-38-35-33-31-29-26-23-20-17-14-11-8-5-2)61-80-71-69(67(76)66(75)68(83-71)70(77)78)82-65(74)59-56-53-50-47-44-40-36-27-24-21-18-15-12-9-6-3/h7,10,16,18-19,21,25-29,32,34,36,39,42,62,66-69,71,75-76H,4-6,8-9,11-15,17,20,22-24,30-31,33,35,37-38,40-41,43-61H2,1-3H3,(H,77,78)/b10-7-,19-16-,21-18-,28-25-,29-26-,34-32-,36-27-,42-39-. The first kappa shape index (κ1) is 76.7. The maximum absolute atomic E-state index is 13.2. The summed E-state index contributed by atoms with van der Waals surface area (Å²) in [7, 11) is 0. The normalized spacial score (nSPS) is 18.2. The van der Waals surface area contributed by atoms with Gasteiger partial charge >= 0.3 is 23.9 Å². The Bertz CT molecular complexity index is 1810. The summed E-state index contributed by atoms with van der Waals surface area (Å²) >= 11 is 0. The van der Waals surface area contributed by atoms with Crippen molar-refractivity contribution in [2.24, 2.45) is 0 Å². The average Bonchev–Trinajstić information content (AvgIpc) is 3.58. The summed E-state index contributed by atoms with van der Waals surface area (Å²) in [4.78, 5) is 51.4. The first-order valence-corrected chi connectivity index (χ1v) is 33.2. The molecule has 1 saturated heterocycles. The number of carbonyl (C=O) groups excluding carboxylic acids is 3. The van der Waals surface area contributed by atoms with E-state index < -0.39 is 67.3 Å². The minimum atomic E-state index is -1.92. The highest BCUT2D eigenvalue weighted by Gasteiger charge is 2.50. The third-order valence-corrected chi connectivity index (χ3v) is 14.6. The second-order valence-corrected chi connectivity index (χ2v) is 22.4. The summed E-state index contributed by atoms with van der Waals surface area (Å²) in [6.45, 7) is 5.84. The lowest BCUT2D eigenvalue weighted by molar-refractivity contribution is -0.301. The molecule has 0 aromatic heterocycles. The van der Waals surface area contributed by atoms with Crippen LogP contribution in [0, 0.1) is 0 Å². The Morgan fingerprint density at radius 2 is 0.759 bits per heavy atom. The van der Waals surface area contributed by atoms with E-state index in [1.807, 2.05) is 0 Å². The highest BCUT2D eigenvalue weighted by molar-refractivity contribution is 5.74. The number of aliphatic carboxylic acids is 1. The van der Waals surface area contributed by atoms with Crippen molar-refractivity contribution < 1.29 is 58.2 Å². The Morgan fingerprint density at radius 3 is 1.20 bits per heavy atom. The minimum absolute atomic E-state index is 0.0376. The molecular weight excluding hydrogens is 1040 g/mol. The van der Waals surface area contributed by atoms with Gasteiger partial charge in [-0.15, -0.1) is 0 Å². The first-order valence-electron chi connectivity index (χ1n) is 33.2. The van der Waals surface area contributed by atoms with Crippen LogP contribution in [0.4, 0.5) is 0 Å². The van der Waals surface area contributed by atoms with Crippen LogP contribution in [-0.2, 0) is 42.9 Å². The molecule has 0 radical (unpaired) electrons. The van der Waals surface area contributed by atoms with Crippen molar-refractivity contribution in [3.8, 4) is 0 Å². The van der Waals surface area contributed by atoms with E-state index in [0.29, 0.717) is 19.3 Å². The Hall–Kier alpha value is -4.36. The first-order chi connectivity index (χ1) is 40.6. The third kappa shape index (κ3) is 47.6. The molecule has 6 unspecified atom stereocenters. The molecule has 6 atom stereocenters. The van der Waals surface area contributed by atoms with Gasteiger partial charge in [0, 0.05) is 19.3 Å². The topological polar surface area (TPSA) is 175 Å². The van der Waals surface area contributed by atoms with Crippen LogP contribution in [0.3, 0.4) is 0 Å². The lowest BCUT2D eigenvalue weighted by Gasteiger charge is -2.40. The monoisotopic (exact) mass is 1160 g/mol. The van der Waals surface area contributed by atoms with E-state index in [1.165, 1.54) is 89.9 Å². The van der Waals surface area contributed by atoms with Crippen molar-refractivity contribution in [2.45, 2.75) is 314 Å². The number of rotatable bonds is 56. The second-order valence-electron chi connectivity index (χ2n) is 22.4. The maximum Gasteiger partial charge on any atom is 0.335 e. The second kappa shape index (κ2) is 58.0. The van der Waals surface area contributed by atoms with Crippen molar-refractivity contribution in [2.75, 3.05) is 13.2 Å². The number of hydrogen-bond acceptors (Lipinski definition) is 11. The molecular formula is C71H118O12. The maximum atomic E-state index is 13.2. The van der Waals surface area contributed by atoms with E-state index in [0.717, 1.165) is 128 Å². The number of carbonyl (C=O) groups is 4. The van der Waals surface area contributed by atoms with Crippen LogP contribution in [0.1, 0.15) is 278 Å². The number of ether oxygens (including phenoxy) is 5. The zero-order valence-corrected chi connectivity index (χ0v) is 52.4. The summed E-state index contributed by atoms with van der Waals surface area (Å²) in [6, 6.07) is 0. The highest BCUT2D eigenvalue weighted by Crippen LogP contribution is 2.26. The Balaban J connectivity index is 2.69. The van der Waals surface area contributed by atoms with Crippen molar-refractivity contribution in [1.29, 1.82) is 0 Å². The largest absolute Gasteiger partial charge is 0.479 e. The molecule has 0 aliphatic carbocycles. The van der Waals surface area contributed by atoms with Gasteiger partial charge in [-0.2, -0.15) is 0 Å². The number of esters is 3. The Kier molecular flexibility index (Phi) is 53.6. The number of aliphatic hydroxyl groups is 2. The van der Waals surface area contributed by atoms with E-state index in [9.17, 15) is 34.5 Å². The van der Waals surface area contributed by atoms with Gasteiger partial charge in [0.05, 0.1) is 6.61 Å². The fourth-order valence-electron chi connectivity index (χ4n) is 9.54. The number of allylic oxidation sites excluding steroid dienone is 16. The molecule has 0 spiro atoms. The molecule has 0 amide bonds. The zero-order chi connectivity index (χ0) is 60.3. The molecule has 12 nitrogen and oxygen atoms in total. The van der Waals surface area contributed by atoms with Crippen LogP contribution in [0.5, 0.6) is 0 Å². The molecule has 1 aliphatic heterocycles. The van der Waals surface area contributed by atoms with Gasteiger partial charge in [0.25, 0.3) is 0 Å². The lowest BCUT2D eigenvalue weighted by atomic mass is 9.98. The number of unbranched alkanes of at least 4 members (excludes halogenated alkanes) is 26. The summed E-state index contributed by atoms with van der Waals surface area (Å²) in [5.41, 5.74) is 0. The summed E-state index contributed by atoms with van der Waals surface area (Å²) in [5.74, 6) is -3.18. The van der Waals surface area contributed by atoms with E-state index in [4.69, 9.17) is 23.7 Å². The molecule has 83 heavy (non-hydrogen) atoms. The van der Waals surface area contributed by atoms with Gasteiger partial charge in [-0.05, 0) is 122 Å². The SMILES string of the molecule is CC/C=C\C/C=C\C/C=C\C/C=C\C/C=C\CCCCCC(=O)OCC(COC1OC(C(=O)O)C(O)C(O)C1OC(=O)CCCCCCC/C=C\C/C=C\CCCCC)OC(=O)CCCCCCCCCCC/C=C\CCCCCCCC. The smallest absolute Gasteiger partial charge is 0.335 e. The Labute approximate surface area is 504 Å². The van der Waals surface area contributed by atoms with Gasteiger partial charge < -0.3 is 39.0 Å². The van der Waals surface area contributed by atoms with Crippen LogP contribution >= 0.6 is 0 Å². The predicted molar refractivity (Wildman–Crippen MR) is 340 cm³/mol. The predicted octanol–water partition coefficient (Wildman–Crippen LogP) is 18.0. The molecule has 0 aromatic rings. The molecule has 1 aliphatic rings. The fourth-order valence-corrected chi connectivity index (χ4v) is 9.54. The number of hydrogen-bond donors (Lipinski definition) is 3. The number of carboxylic acids is 1. The molecule has 1 rings (SSSR count). The summed E-state index contributed by atoms with van der Waals surface area (Å²) in [6.07, 6.45) is 65.0. The van der Waals surface area contributed by atoms with Gasteiger partial charge in [-0.3, -0.25) is 14.4 Å². The molecule has 12 heteroatoms. The lowest BCUT2D eigenvalue weighted by Crippen LogP contribution is -2.61. The molecule has 0 aromatic carbocycles. The van der Waals surface area contributed by atoms with Gasteiger partial charge in [0.2, 0.25) is 0 Å². The van der Waals surface area contributed by atoms with E-state index >= 15 is 0 Å². The summed E-state index contributed by atoms with van der Waals surface area (Å²) in [5, 5.41) is 31.6. The van der Waals surface area contributed by atoms with Crippen LogP contribution in [0.25, 0.3) is 0 Å². The van der Waals surface area contributed by atoms with Crippen molar-refractivity contribution in [1.82, 2.24) is 0 Å². The van der Waals surface area contributed by atoms with Crippen molar-refractivity contribution >= 4 is 23.9 Å². The van der Waals surface area contributed by atoms with Crippen LogP contribution in [0.2, 0.25) is 0 Å². The van der Waals surface area contributed by atoms with Gasteiger partial charge in [-0.25, -0.2) is 4.79 Å². The van der Waals surface area contributed by atoms with Gasteiger partial charge in [0.1, 0.15) is 18.8 Å². The summed E-state index contributed by atoms with van der Waals surface area (Å²) < 4.78 is 28.5. The molecule has 1 heterocycles. The van der Waals surface area contributed by atoms with Crippen molar-refractivity contribution in [3.63, 3.8) is 0 Å². The molecule has 474 valence electrons. The zero-order valence-electron chi connectivity index (χ0n) is 52.4. The molecule has 1 fully saturated rings. The van der Waals surface area contributed by atoms with Gasteiger partial charge in [0.15, 0.2) is 24.6 Å². The van der Waals surface area contributed by atoms with Crippen molar-refractivity contribution in [3.05, 3.63) is 97.2 Å². The fraction of sp³-hybridized carbons (Fsp3) is 0.718. The van der Waals surface area contributed by atoms with Gasteiger partial charge in [-0.1, -0.05) is 234 Å². The quantitative estimate of drug-likeness (QED) is 0.0228. The number of aliphatic hydroxyl groups excluding tert-OH is 2. The third-order valence-electron chi connectivity index (χ3n) is 14.6. The van der Waals surface area contributed by atoms with Crippen LogP contribution in [-0.4, -0.2) is 89.2 Å². The van der Waals surface area contributed by atoms with E-state index in [-0.39, 0.29) is 25.9 Å². The van der Waals surface area contributed by atoms with Crippen LogP contribution in [0.15, 0.2) is 97.2 Å². The highest BCUT2D eigenvalue weighted by atomic mass is 16.7. The molecule has 0 saturated carbocycles. The number of carboxylic acid groups (broad SMARTS) is 1. The molecule has 3 N–H and O–H groups in total. The van der Waals surface area contributed by atoms with E-state index in [1.54, 1.807) is 0 Å².